The number of benzene rings is 2. The fourth-order valence-electron chi connectivity index (χ4n) is 1.96. The molecule has 2 aromatic rings. The van der Waals surface area contributed by atoms with Crippen LogP contribution in [0.3, 0.4) is 0 Å². The van der Waals surface area contributed by atoms with Crippen LogP contribution in [0.1, 0.15) is 15.9 Å². The maximum Gasteiger partial charge on any atom is 0.176 e. The number of halogens is 2. The minimum Gasteiger partial charge on any atom is -0.295 e. The van der Waals surface area contributed by atoms with Crippen LogP contribution in [-0.4, -0.2) is 24.3 Å². The summed E-state index contributed by atoms with van der Waals surface area (Å²) in [5.41, 5.74) is 1.93. The molecule has 2 nitrogen and oxygen atoms in total. The van der Waals surface area contributed by atoms with Crippen LogP contribution in [0.2, 0.25) is 0 Å². The molecule has 0 heterocycles. The van der Waals surface area contributed by atoms with Gasteiger partial charge < -0.3 is 0 Å². The average Bonchev–Trinajstić information content (AvgIpc) is 2.41. The Morgan fingerprint density at radius 2 is 1.75 bits per heavy atom. The van der Waals surface area contributed by atoms with Crippen LogP contribution in [0.25, 0.3) is 0 Å². The molecule has 0 atom stereocenters. The minimum absolute atomic E-state index is 0.130. The summed E-state index contributed by atoms with van der Waals surface area (Å²) in [5, 5.41) is 0. The topological polar surface area (TPSA) is 20.3 Å². The molecule has 2 aromatic carbocycles. The number of nitrogens with zero attached hydrogens (tertiary/aromatic N) is 1. The zero-order valence-electron chi connectivity index (χ0n) is 11.1. The van der Waals surface area contributed by atoms with Crippen molar-refractivity contribution >= 4 is 37.6 Å². The van der Waals surface area contributed by atoms with E-state index in [0.717, 1.165) is 21.1 Å². The fourth-order valence-corrected chi connectivity index (χ4v) is 2.62. The predicted octanol–water partition coefficient (Wildman–Crippen LogP) is 4.53. The number of likely N-dealkylation sites (N-methyl/N-ethyl adjacent to an activating group) is 1. The molecule has 0 fully saturated rings. The molecule has 0 radical (unpaired) electrons. The van der Waals surface area contributed by atoms with Crippen molar-refractivity contribution in [2.24, 2.45) is 0 Å². The Bertz CT molecular complexity index is 596. The van der Waals surface area contributed by atoms with Gasteiger partial charge in [-0.25, -0.2) is 0 Å². The van der Waals surface area contributed by atoms with Crippen LogP contribution >= 0.6 is 31.9 Å². The fraction of sp³-hybridized carbons (Fsp3) is 0.188. The molecule has 2 rings (SSSR count). The van der Waals surface area contributed by atoms with E-state index >= 15 is 0 Å². The van der Waals surface area contributed by atoms with Crippen molar-refractivity contribution in [3.05, 3.63) is 68.6 Å². The lowest BCUT2D eigenvalue weighted by atomic mass is 10.1. The van der Waals surface area contributed by atoms with Crippen molar-refractivity contribution in [1.82, 2.24) is 4.90 Å². The van der Waals surface area contributed by atoms with Gasteiger partial charge in [0, 0.05) is 21.1 Å². The van der Waals surface area contributed by atoms with Gasteiger partial charge in [0.05, 0.1) is 6.54 Å². The van der Waals surface area contributed by atoms with E-state index in [4.69, 9.17) is 0 Å². The van der Waals surface area contributed by atoms with Gasteiger partial charge in [0.1, 0.15) is 0 Å². The number of rotatable bonds is 5. The van der Waals surface area contributed by atoms with Gasteiger partial charge in [0.2, 0.25) is 0 Å². The zero-order valence-corrected chi connectivity index (χ0v) is 14.3. The minimum atomic E-state index is 0.130. The Morgan fingerprint density at radius 3 is 2.40 bits per heavy atom. The van der Waals surface area contributed by atoms with Gasteiger partial charge in [-0.2, -0.15) is 0 Å². The Morgan fingerprint density at radius 1 is 1.05 bits per heavy atom. The number of carbonyl (C=O) groups excluding carboxylic acids is 1. The van der Waals surface area contributed by atoms with E-state index < -0.39 is 0 Å². The van der Waals surface area contributed by atoms with Gasteiger partial charge in [-0.1, -0.05) is 56.1 Å². The summed E-state index contributed by atoms with van der Waals surface area (Å²) in [6, 6.07) is 15.7. The first kappa shape index (κ1) is 15.4. The summed E-state index contributed by atoms with van der Waals surface area (Å²) in [6.45, 7) is 1.17. The Hall–Kier alpha value is -0.970. The monoisotopic (exact) mass is 395 g/mol. The zero-order chi connectivity index (χ0) is 14.5. The molecule has 0 N–H and O–H groups in total. The first-order valence-electron chi connectivity index (χ1n) is 6.26. The first-order chi connectivity index (χ1) is 9.54. The molecule has 0 aromatic heterocycles. The highest BCUT2D eigenvalue weighted by Gasteiger charge is 2.10. The van der Waals surface area contributed by atoms with Gasteiger partial charge >= 0.3 is 0 Å². The van der Waals surface area contributed by atoms with Gasteiger partial charge in [0.25, 0.3) is 0 Å². The third kappa shape index (κ3) is 4.54. The van der Waals surface area contributed by atoms with E-state index in [0.29, 0.717) is 6.54 Å². The second-order valence-electron chi connectivity index (χ2n) is 4.73. The Labute approximate surface area is 136 Å². The molecule has 0 unspecified atom stereocenters. The lowest BCUT2D eigenvalue weighted by Gasteiger charge is -2.16. The first-order valence-corrected chi connectivity index (χ1v) is 7.85. The number of Topliss-reactive ketones (excluding diaryl/α,β-unsaturated/α-hetero) is 1. The summed E-state index contributed by atoms with van der Waals surface area (Å²) >= 11 is 6.80. The van der Waals surface area contributed by atoms with E-state index in [1.165, 1.54) is 5.56 Å². The summed E-state index contributed by atoms with van der Waals surface area (Å²) < 4.78 is 1.99. The van der Waals surface area contributed by atoms with E-state index in [-0.39, 0.29) is 5.78 Å². The van der Waals surface area contributed by atoms with Crippen LogP contribution < -0.4 is 0 Å². The van der Waals surface area contributed by atoms with Crippen LogP contribution in [0.5, 0.6) is 0 Å². The van der Waals surface area contributed by atoms with Crippen molar-refractivity contribution in [3.63, 3.8) is 0 Å². The standard InChI is InChI=1S/C16H15Br2NO/c1-19(10-12-5-7-14(17)8-6-12)11-16(20)13-3-2-4-15(18)9-13/h2-9H,10-11H2,1H3. The van der Waals surface area contributed by atoms with Gasteiger partial charge in [-0.05, 0) is 36.9 Å². The molecule has 0 aliphatic rings. The van der Waals surface area contributed by atoms with Crippen molar-refractivity contribution < 1.29 is 4.79 Å². The maximum absolute atomic E-state index is 12.2. The van der Waals surface area contributed by atoms with Crippen molar-refractivity contribution in [2.45, 2.75) is 6.54 Å². The van der Waals surface area contributed by atoms with E-state index in [2.05, 4.69) is 44.0 Å². The lowest BCUT2D eigenvalue weighted by molar-refractivity contribution is 0.0943. The maximum atomic E-state index is 12.2. The van der Waals surface area contributed by atoms with Crippen LogP contribution in [0, 0.1) is 0 Å². The Balaban J connectivity index is 1.95. The summed E-state index contributed by atoms with van der Waals surface area (Å²) in [4.78, 5) is 14.2. The third-order valence-electron chi connectivity index (χ3n) is 2.93. The molecule has 0 amide bonds. The third-order valence-corrected chi connectivity index (χ3v) is 3.95. The number of hydrogen-bond donors (Lipinski definition) is 0. The van der Waals surface area contributed by atoms with Gasteiger partial charge in [-0.3, -0.25) is 9.69 Å². The largest absolute Gasteiger partial charge is 0.295 e. The van der Waals surface area contributed by atoms with E-state index in [9.17, 15) is 4.79 Å². The van der Waals surface area contributed by atoms with Gasteiger partial charge in [0.15, 0.2) is 5.78 Å². The van der Waals surface area contributed by atoms with Crippen molar-refractivity contribution in [2.75, 3.05) is 13.6 Å². The van der Waals surface area contributed by atoms with E-state index in [1.54, 1.807) is 0 Å². The molecular formula is C16H15Br2NO. The summed E-state index contributed by atoms with van der Waals surface area (Å²) in [7, 11) is 1.96. The lowest BCUT2D eigenvalue weighted by Crippen LogP contribution is -2.25. The molecule has 0 aliphatic carbocycles. The molecule has 20 heavy (non-hydrogen) atoms. The molecule has 4 heteroatoms. The predicted molar refractivity (Wildman–Crippen MR) is 88.9 cm³/mol. The van der Waals surface area contributed by atoms with Gasteiger partial charge in [-0.15, -0.1) is 0 Å². The molecule has 0 saturated carbocycles. The SMILES string of the molecule is CN(CC(=O)c1cccc(Br)c1)Cc1ccc(Br)cc1. The second kappa shape index (κ2) is 7.16. The van der Waals surface area contributed by atoms with Crippen molar-refractivity contribution in [1.29, 1.82) is 0 Å². The smallest absolute Gasteiger partial charge is 0.176 e. The van der Waals surface area contributed by atoms with Crippen LogP contribution in [-0.2, 0) is 6.54 Å². The molecular weight excluding hydrogens is 382 g/mol. The normalized spacial score (nSPS) is 10.8. The number of carbonyl (C=O) groups is 1. The molecule has 104 valence electrons. The molecule has 0 spiro atoms. The summed E-state index contributed by atoms with van der Waals surface area (Å²) in [6.07, 6.45) is 0. The quantitative estimate of drug-likeness (QED) is 0.692. The molecule has 0 aliphatic heterocycles. The molecule has 0 bridgehead atoms. The van der Waals surface area contributed by atoms with Crippen molar-refractivity contribution in [3.8, 4) is 0 Å². The second-order valence-corrected chi connectivity index (χ2v) is 6.56. The highest BCUT2D eigenvalue weighted by atomic mass is 79.9. The molecule has 0 saturated heterocycles. The number of ketones is 1. The van der Waals surface area contributed by atoms with Crippen LogP contribution in [0.15, 0.2) is 57.5 Å². The summed E-state index contributed by atoms with van der Waals surface area (Å²) in [5.74, 6) is 0.130. The average molecular weight is 397 g/mol. The van der Waals surface area contributed by atoms with Crippen LogP contribution in [0.4, 0.5) is 0 Å². The Kier molecular flexibility index (Phi) is 5.52. The number of hydrogen-bond acceptors (Lipinski definition) is 2. The highest BCUT2D eigenvalue weighted by molar-refractivity contribution is 9.10. The van der Waals surface area contributed by atoms with E-state index in [1.807, 2.05) is 48.3 Å². The highest BCUT2D eigenvalue weighted by Crippen LogP contribution is 2.14.